The van der Waals surface area contributed by atoms with Gasteiger partial charge in [-0.15, -0.1) is 10.2 Å². The van der Waals surface area contributed by atoms with Crippen molar-refractivity contribution >= 4 is 23.2 Å². The molecule has 0 bridgehead atoms. The van der Waals surface area contributed by atoms with Crippen LogP contribution in [0.15, 0.2) is 18.2 Å². The number of halogens is 5. The first kappa shape index (κ1) is 15.1. The first-order chi connectivity index (χ1) is 9.34. The zero-order valence-corrected chi connectivity index (χ0v) is 11.9. The van der Waals surface area contributed by atoms with Crippen LogP contribution in [0.1, 0.15) is 24.7 Å². The smallest absolute Gasteiger partial charge is 0.270 e. The molecule has 0 saturated carbocycles. The second-order valence-corrected chi connectivity index (χ2v) is 4.88. The number of aromatic nitrogens is 3. The lowest BCUT2D eigenvalue weighted by Gasteiger charge is -2.13. The van der Waals surface area contributed by atoms with Crippen LogP contribution >= 0.6 is 23.2 Å². The van der Waals surface area contributed by atoms with E-state index in [9.17, 15) is 13.2 Å². The van der Waals surface area contributed by atoms with Gasteiger partial charge in [0.1, 0.15) is 5.82 Å². The van der Waals surface area contributed by atoms with Crippen LogP contribution in [0, 0.1) is 0 Å². The topological polar surface area (TPSA) is 30.7 Å². The maximum absolute atomic E-state index is 12.9. The molecular formula is C12H10Cl2F3N3. The van der Waals surface area contributed by atoms with Crippen molar-refractivity contribution in [3.05, 3.63) is 39.9 Å². The molecule has 0 N–H and O–H groups in total. The van der Waals surface area contributed by atoms with Gasteiger partial charge in [-0.1, -0.05) is 18.5 Å². The lowest BCUT2D eigenvalue weighted by molar-refractivity contribution is -0.137. The number of rotatable bonds is 3. The molecule has 1 heterocycles. The summed E-state index contributed by atoms with van der Waals surface area (Å²) >= 11 is 11.5. The highest BCUT2D eigenvalue weighted by Crippen LogP contribution is 2.36. The Morgan fingerprint density at radius 3 is 2.50 bits per heavy atom. The van der Waals surface area contributed by atoms with Crippen LogP contribution in [0.4, 0.5) is 13.2 Å². The lowest BCUT2D eigenvalue weighted by Crippen LogP contribution is -2.08. The Bertz CT molecular complexity index is 623. The Morgan fingerprint density at radius 1 is 1.20 bits per heavy atom. The van der Waals surface area contributed by atoms with E-state index in [4.69, 9.17) is 23.2 Å². The first-order valence-electron chi connectivity index (χ1n) is 5.81. The molecule has 0 fully saturated rings. The van der Waals surface area contributed by atoms with Crippen LogP contribution in [0.25, 0.3) is 5.69 Å². The van der Waals surface area contributed by atoms with Crippen LogP contribution in [0.2, 0.25) is 10.3 Å². The molecule has 0 spiro atoms. The highest BCUT2D eigenvalue weighted by molar-refractivity contribution is 6.31. The number of hydrogen-bond acceptors (Lipinski definition) is 2. The lowest BCUT2D eigenvalue weighted by atomic mass is 10.2. The SMILES string of the molecule is CCCc1nnc(Cl)n1-c1ccc(Cl)c(C(F)(F)F)c1. The Labute approximate surface area is 123 Å². The third-order valence-corrected chi connectivity index (χ3v) is 3.25. The fourth-order valence-corrected chi connectivity index (χ4v) is 2.26. The van der Waals surface area contributed by atoms with Gasteiger partial charge < -0.3 is 0 Å². The molecule has 0 aliphatic rings. The summed E-state index contributed by atoms with van der Waals surface area (Å²) in [4.78, 5) is 0. The summed E-state index contributed by atoms with van der Waals surface area (Å²) in [6.07, 6.45) is -3.20. The van der Waals surface area contributed by atoms with Crippen molar-refractivity contribution in [3.8, 4) is 5.69 Å². The van der Waals surface area contributed by atoms with Crippen LogP contribution in [0.5, 0.6) is 0 Å². The molecule has 0 atom stereocenters. The number of aryl methyl sites for hydroxylation is 1. The minimum atomic E-state index is -4.53. The third kappa shape index (κ3) is 2.91. The summed E-state index contributed by atoms with van der Waals surface area (Å²) in [6, 6.07) is 3.58. The van der Waals surface area contributed by atoms with Crippen molar-refractivity contribution in [2.45, 2.75) is 25.9 Å². The molecule has 0 aliphatic heterocycles. The summed E-state index contributed by atoms with van der Waals surface area (Å²) in [5.41, 5.74) is -0.677. The van der Waals surface area contributed by atoms with Gasteiger partial charge in [0.05, 0.1) is 16.3 Å². The van der Waals surface area contributed by atoms with E-state index in [0.29, 0.717) is 12.2 Å². The van der Waals surface area contributed by atoms with E-state index in [1.807, 2.05) is 6.92 Å². The number of benzene rings is 1. The largest absolute Gasteiger partial charge is 0.417 e. The van der Waals surface area contributed by atoms with Gasteiger partial charge >= 0.3 is 6.18 Å². The average Bonchev–Trinajstić information content (AvgIpc) is 2.71. The van der Waals surface area contributed by atoms with Gasteiger partial charge in [0.15, 0.2) is 0 Å². The van der Waals surface area contributed by atoms with Gasteiger partial charge in [-0.25, -0.2) is 0 Å². The van der Waals surface area contributed by atoms with Crippen molar-refractivity contribution < 1.29 is 13.2 Å². The van der Waals surface area contributed by atoms with Gasteiger partial charge in [0.25, 0.3) is 0 Å². The molecule has 108 valence electrons. The number of hydrogen-bond donors (Lipinski definition) is 0. The average molecular weight is 324 g/mol. The van der Waals surface area contributed by atoms with E-state index >= 15 is 0 Å². The maximum Gasteiger partial charge on any atom is 0.417 e. The standard InChI is InChI=1S/C12H10Cl2F3N3/c1-2-3-10-18-19-11(14)20(10)7-4-5-9(13)8(6-7)12(15,16)17/h4-6H,2-3H2,1H3. The summed E-state index contributed by atoms with van der Waals surface area (Å²) in [5.74, 6) is 0.507. The summed E-state index contributed by atoms with van der Waals surface area (Å²) < 4.78 is 40.0. The van der Waals surface area contributed by atoms with Crippen molar-refractivity contribution in [2.75, 3.05) is 0 Å². The van der Waals surface area contributed by atoms with Crippen LogP contribution < -0.4 is 0 Å². The van der Waals surface area contributed by atoms with Gasteiger partial charge in [0, 0.05) is 6.42 Å². The van der Waals surface area contributed by atoms with Gasteiger partial charge in [-0.3, -0.25) is 4.57 Å². The predicted molar refractivity (Wildman–Crippen MR) is 70.4 cm³/mol. The summed E-state index contributed by atoms with van der Waals surface area (Å²) in [7, 11) is 0. The van der Waals surface area contributed by atoms with Crippen molar-refractivity contribution in [3.63, 3.8) is 0 Å². The Hall–Kier alpha value is -1.27. The van der Waals surface area contributed by atoms with Crippen LogP contribution in [0.3, 0.4) is 0 Å². The molecule has 2 aromatic rings. The van der Waals surface area contributed by atoms with E-state index in [-0.39, 0.29) is 16.0 Å². The second kappa shape index (κ2) is 5.61. The van der Waals surface area contributed by atoms with Crippen molar-refractivity contribution in [1.29, 1.82) is 0 Å². The predicted octanol–water partition coefficient (Wildman–Crippen LogP) is 4.55. The molecule has 20 heavy (non-hydrogen) atoms. The Balaban J connectivity index is 2.57. The molecule has 0 radical (unpaired) electrons. The molecule has 3 nitrogen and oxygen atoms in total. The zero-order valence-electron chi connectivity index (χ0n) is 10.4. The Morgan fingerprint density at radius 2 is 1.90 bits per heavy atom. The van der Waals surface area contributed by atoms with Crippen LogP contribution in [-0.4, -0.2) is 14.8 Å². The second-order valence-electron chi connectivity index (χ2n) is 4.13. The van der Waals surface area contributed by atoms with Crippen molar-refractivity contribution in [1.82, 2.24) is 14.8 Å². The van der Waals surface area contributed by atoms with E-state index < -0.39 is 11.7 Å². The fraction of sp³-hybridized carbons (Fsp3) is 0.333. The summed E-state index contributed by atoms with van der Waals surface area (Å²) in [6.45, 7) is 1.93. The van der Waals surface area contributed by atoms with Crippen LogP contribution in [-0.2, 0) is 12.6 Å². The molecule has 0 amide bonds. The molecule has 0 aliphatic carbocycles. The Kier molecular flexibility index (Phi) is 4.25. The van der Waals surface area contributed by atoms with E-state index in [1.54, 1.807) is 0 Å². The highest BCUT2D eigenvalue weighted by atomic mass is 35.5. The maximum atomic E-state index is 12.9. The van der Waals surface area contributed by atoms with E-state index in [0.717, 1.165) is 12.5 Å². The normalized spacial score (nSPS) is 11.9. The van der Waals surface area contributed by atoms with Gasteiger partial charge in [0.2, 0.25) is 5.28 Å². The molecule has 8 heteroatoms. The molecule has 1 aromatic carbocycles. The minimum Gasteiger partial charge on any atom is -0.270 e. The molecule has 0 unspecified atom stereocenters. The molecule has 2 rings (SSSR count). The number of nitrogens with zero attached hydrogens (tertiary/aromatic N) is 3. The molecule has 1 aromatic heterocycles. The van der Waals surface area contributed by atoms with Gasteiger partial charge in [-0.2, -0.15) is 13.2 Å². The minimum absolute atomic E-state index is 0.0175. The first-order valence-corrected chi connectivity index (χ1v) is 6.57. The highest BCUT2D eigenvalue weighted by Gasteiger charge is 2.33. The van der Waals surface area contributed by atoms with E-state index in [1.165, 1.54) is 16.7 Å². The number of alkyl halides is 3. The molecular weight excluding hydrogens is 314 g/mol. The molecule has 0 saturated heterocycles. The fourth-order valence-electron chi connectivity index (χ4n) is 1.81. The monoisotopic (exact) mass is 323 g/mol. The van der Waals surface area contributed by atoms with E-state index in [2.05, 4.69) is 10.2 Å². The summed E-state index contributed by atoms with van der Waals surface area (Å²) in [5, 5.41) is 7.21. The van der Waals surface area contributed by atoms with Crippen molar-refractivity contribution in [2.24, 2.45) is 0 Å². The van der Waals surface area contributed by atoms with Gasteiger partial charge in [-0.05, 0) is 36.2 Å². The zero-order chi connectivity index (χ0) is 14.9. The quantitative estimate of drug-likeness (QED) is 0.829. The third-order valence-electron chi connectivity index (χ3n) is 2.68.